The van der Waals surface area contributed by atoms with Gasteiger partial charge in [-0.05, 0) is 43.4 Å². The number of hydrogen-bond acceptors (Lipinski definition) is 4. The number of aryl methyl sites for hydroxylation is 1. The molecule has 1 saturated heterocycles. The molecule has 0 radical (unpaired) electrons. The third kappa shape index (κ3) is 6.60. The van der Waals surface area contributed by atoms with Crippen LogP contribution < -0.4 is 10.1 Å². The zero-order valence-electron chi connectivity index (χ0n) is 18.1. The Hall–Kier alpha value is -2.34. The molecule has 1 amide bonds. The van der Waals surface area contributed by atoms with Gasteiger partial charge >= 0.3 is 0 Å². The van der Waals surface area contributed by atoms with E-state index in [1.165, 1.54) is 0 Å². The number of nitrogens with one attached hydrogen (secondary N) is 1. The summed E-state index contributed by atoms with van der Waals surface area (Å²) in [5, 5.41) is 7.19. The number of amides is 1. The van der Waals surface area contributed by atoms with E-state index in [0.717, 1.165) is 50.3 Å². The lowest BCUT2D eigenvalue weighted by Gasteiger charge is -2.36. The minimum absolute atomic E-state index is 0.0975. The fourth-order valence-electron chi connectivity index (χ4n) is 3.71. The van der Waals surface area contributed by atoms with Crippen molar-refractivity contribution in [2.45, 2.75) is 59.7 Å². The third-order valence-electron chi connectivity index (χ3n) is 5.10. The van der Waals surface area contributed by atoms with Crippen LogP contribution in [-0.4, -0.2) is 46.3 Å². The Morgan fingerprint density at radius 2 is 2.03 bits per heavy atom. The highest BCUT2D eigenvalue weighted by atomic mass is 16.5. The van der Waals surface area contributed by atoms with Crippen LogP contribution in [0.4, 0.5) is 0 Å². The maximum Gasteiger partial charge on any atom is 0.251 e. The second-order valence-corrected chi connectivity index (χ2v) is 9.07. The average molecular weight is 399 g/mol. The summed E-state index contributed by atoms with van der Waals surface area (Å²) in [5.41, 5.74) is 1.94. The van der Waals surface area contributed by atoms with Crippen molar-refractivity contribution in [1.29, 1.82) is 0 Å². The zero-order valence-corrected chi connectivity index (χ0v) is 18.1. The maximum absolute atomic E-state index is 12.5. The molecular weight excluding hydrogens is 364 g/mol. The Kier molecular flexibility index (Phi) is 6.96. The number of aromatic nitrogens is 2. The first-order chi connectivity index (χ1) is 13.8. The second-order valence-electron chi connectivity index (χ2n) is 9.07. The van der Waals surface area contributed by atoms with Crippen LogP contribution in [0.2, 0.25) is 0 Å². The van der Waals surface area contributed by atoms with Gasteiger partial charge in [-0.1, -0.05) is 26.8 Å². The van der Waals surface area contributed by atoms with Gasteiger partial charge in [0.1, 0.15) is 11.9 Å². The molecule has 2 aromatic rings. The van der Waals surface area contributed by atoms with Gasteiger partial charge in [-0.3, -0.25) is 9.48 Å². The summed E-state index contributed by atoms with van der Waals surface area (Å²) >= 11 is 0. The number of carbonyl (C=O) groups is 1. The molecule has 1 aromatic heterocycles. The fraction of sp³-hybridized carbons (Fsp3) is 0.565. The van der Waals surface area contributed by atoms with Crippen LogP contribution in [0.15, 0.2) is 36.7 Å². The lowest BCUT2D eigenvalue weighted by atomic mass is 9.94. The van der Waals surface area contributed by atoms with Crippen molar-refractivity contribution in [2.24, 2.45) is 5.41 Å². The topological polar surface area (TPSA) is 59.4 Å². The number of carbonyl (C=O) groups excluding carboxylic acids is 1. The number of likely N-dealkylation sites (tertiary alicyclic amines) is 1. The fourth-order valence-corrected chi connectivity index (χ4v) is 3.71. The Morgan fingerprint density at radius 1 is 1.28 bits per heavy atom. The molecule has 1 aromatic carbocycles. The Labute approximate surface area is 174 Å². The summed E-state index contributed by atoms with van der Waals surface area (Å²) < 4.78 is 8.04. The third-order valence-corrected chi connectivity index (χ3v) is 5.10. The molecule has 3 rings (SSSR count). The lowest BCUT2D eigenvalue weighted by Crippen LogP contribution is -2.42. The predicted octanol–water partition coefficient (Wildman–Crippen LogP) is 3.72. The number of rotatable bonds is 7. The summed E-state index contributed by atoms with van der Waals surface area (Å²) in [6, 6.07) is 7.48. The van der Waals surface area contributed by atoms with Crippen LogP contribution in [0.5, 0.6) is 5.75 Å². The summed E-state index contributed by atoms with van der Waals surface area (Å²) in [5.74, 6) is 0.672. The molecule has 1 fully saturated rings. The second kappa shape index (κ2) is 9.44. The van der Waals surface area contributed by atoms with E-state index in [1.807, 2.05) is 42.1 Å². The number of ether oxygens (including phenoxy) is 1. The molecule has 1 aliphatic heterocycles. The highest BCUT2D eigenvalue weighted by molar-refractivity contribution is 5.94. The zero-order chi connectivity index (χ0) is 20.9. The van der Waals surface area contributed by atoms with E-state index in [9.17, 15) is 4.79 Å². The van der Waals surface area contributed by atoms with Crippen LogP contribution in [-0.2, 0) is 13.1 Å². The molecule has 2 heterocycles. The van der Waals surface area contributed by atoms with E-state index in [2.05, 4.69) is 36.1 Å². The van der Waals surface area contributed by atoms with Crippen molar-refractivity contribution in [1.82, 2.24) is 20.0 Å². The molecule has 0 unspecified atom stereocenters. The number of benzene rings is 1. The first-order valence-corrected chi connectivity index (χ1v) is 10.6. The molecular formula is C23H34N4O2. The van der Waals surface area contributed by atoms with Crippen LogP contribution in [0.1, 0.15) is 56.5 Å². The van der Waals surface area contributed by atoms with Crippen molar-refractivity contribution in [2.75, 3.05) is 19.6 Å². The monoisotopic (exact) mass is 398 g/mol. The standard InChI is InChI=1S/C23H34N4O2/c1-5-27-16-18(15-25-27)14-24-22(28)19-7-6-8-21(13-19)29-20-9-11-26(12-10-20)17-23(2,3)4/h6-8,13,15-16,20H,5,9-12,14,17H2,1-4H3,(H,24,28). The smallest absolute Gasteiger partial charge is 0.251 e. The van der Waals surface area contributed by atoms with Gasteiger partial charge in [0, 0.05) is 50.0 Å². The van der Waals surface area contributed by atoms with Crippen molar-refractivity contribution in [3.63, 3.8) is 0 Å². The largest absolute Gasteiger partial charge is 0.490 e. The van der Waals surface area contributed by atoms with E-state index in [-0.39, 0.29) is 12.0 Å². The van der Waals surface area contributed by atoms with Gasteiger partial charge in [0.2, 0.25) is 0 Å². The minimum Gasteiger partial charge on any atom is -0.490 e. The number of hydrogen-bond donors (Lipinski definition) is 1. The molecule has 158 valence electrons. The number of piperidine rings is 1. The maximum atomic E-state index is 12.5. The average Bonchev–Trinajstić information content (AvgIpc) is 3.15. The van der Waals surface area contributed by atoms with Gasteiger partial charge < -0.3 is 15.0 Å². The molecule has 0 saturated carbocycles. The van der Waals surface area contributed by atoms with Crippen molar-refractivity contribution < 1.29 is 9.53 Å². The molecule has 6 nitrogen and oxygen atoms in total. The summed E-state index contributed by atoms with van der Waals surface area (Å²) in [7, 11) is 0. The van der Waals surface area contributed by atoms with E-state index in [0.29, 0.717) is 17.5 Å². The van der Waals surface area contributed by atoms with E-state index < -0.39 is 0 Å². The molecule has 0 bridgehead atoms. The Bertz CT molecular complexity index is 801. The molecule has 29 heavy (non-hydrogen) atoms. The van der Waals surface area contributed by atoms with Crippen LogP contribution in [0.25, 0.3) is 0 Å². The van der Waals surface area contributed by atoms with Gasteiger partial charge in [-0.25, -0.2) is 0 Å². The molecule has 0 spiro atoms. The SMILES string of the molecule is CCn1cc(CNC(=O)c2cccc(OC3CCN(CC(C)(C)C)CC3)c2)cn1. The van der Waals surface area contributed by atoms with Gasteiger partial charge in [0.25, 0.3) is 5.91 Å². The van der Waals surface area contributed by atoms with Gasteiger partial charge in [-0.15, -0.1) is 0 Å². The van der Waals surface area contributed by atoms with Crippen LogP contribution in [0, 0.1) is 5.41 Å². The van der Waals surface area contributed by atoms with Crippen LogP contribution in [0.3, 0.4) is 0 Å². The molecule has 0 atom stereocenters. The normalized spacial score (nSPS) is 16.0. The first-order valence-electron chi connectivity index (χ1n) is 10.6. The number of nitrogens with zero attached hydrogens (tertiary/aromatic N) is 3. The highest BCUT2D eigenvalue weighted by Gasteiger charge is 2.24. The quantitative estimate of drug-likeness (QED) is 0.772. The summed E-state index contributed by atoms with van der Waals surface area (Å²) in [4.78, 5) is 15.0. The molecule has 1 N–H and O–H groups in total. The molecule has 1 aliphatic rings. The van der Waals surface area contributed by atoms with E-state index in [1.54, 1.807) is 6.20 Å². The molecule has 6 heteroatoms. The van der Waals surface area contributed by atoms with Crippen molar-refractivity contribution in [3.05, 3.63) is 47.8 Å². The lowest BCUT2D eigenvalue weighted by molar-refractivity contribution is 0.0808. The Morgan fingerprint density at radius 3 is 2.69 bits per heavy atom. The predicted molar refractivity (Wildman–Crippen MR) is 115 cm³/mol. The van der Waals surface area contributed by atoms with E-state index in [4.69, 9.17) is 4.74 Å². The summed E-state index contributed by atoms with van der Waals surface area (Å²) in [6.45, 7) is 13.4. The van der Waals surface area contributed by atoms with Crippen molar-refractivity contribution in [3.8, 4) is 5.75 Å². The molecule has 0 aliphatic carbocycles. The first kappa shape index (κ1) is 21.4. The van der Waals surface area contributed by atoms with E-state index >= 15 is 0 Å². The van der Waals surface area contributed by atoms with Crippen LogP contribution >= 0.6 is 0 Å². The van der Waals surface area contributed by atoms with Crippen molar-refractivity contribution >= 4 is 5.91 Å². The van der Waals surface area contributed by atoms with Gasteiger partial charge in [0.15, 0.2) is 0 Å². The van der Waals surface area contributed by atoms with Gasteiger partial charge in [-0.2, -0.15) is 5.10 Å². The van der Waals surface area contributed by atoms with Gasteiger partial charge in [0.05, 0.1) is 6.20 Å². The Balaban J connectivity index is 1.49. The highest BCUT2D eigenvalue weighted by Crippen LogP contribution is 2.23. The minimum atomic E-state index is -0.0975. The summed E-state index contributed by atoms with van der Waals surface area (Å²) in [6.07, 6.45) is 5.99.